The minimum absolute atomic E-state index is 0.0850. The predicted molar refractivity (Wildman–Crippen MR) is 258 cm³/mol. The van der Waals surface area contributed by atoms with E-state index in [9.17, 15) is 41.5 Å². The maximum absolute atomic E-state index is 14.0. The lowest BCUT2D eigenvalue weighted by Gasteiger charge is -2.41. The number of ether oxygens (including phenoxy) is 2. The van der Waals surface area contributed by atoms with Crippen molar-refractivity contribution < 1.29 is 41.4 Å². The number of pyridine rings is 2. The lowest BCUT2D eigenvalue weighted by Crippen LogP contribution is -2.56. The van der Waals surface area contributed by atoms with Crippen molar-refractivity contribution in [3.05, 3.63) is 161 Å². The van der Waals surface area contributed by atoms with Gasteiger partial charge in [0.25, 0.3) is 17.7 Å². The second kappa shape index (κ2) is 23.8. The molecular weight excluding hydrogens is 980 g/mol. The van der Waals surface area contributed by atoms with Crippen LogP contribution in [-0.4, -0.2) is 83.0 Å². The molecule has 3 amide bonds. The minimum atomic E-state index is -0.794. The SMILES string of the molecule is CCCCOc1c2n(cc(C(=O)NCc3ccc(F)cc3F)c1=O)N1CCCCCN(C1)C2=O.NCc1ccc(F)cc1F.O=C1c2c(OCc3ccccc3)c(=O)c(Br)cn2N2CCCCCN1C2. The molecule has 4 aliphatic heterocycles. The normalized spacial score (nSPS) is 15.1. The summed E-state index contributed by atoms with van der Waals surface area (Å²) in [5, 5.41) is 6.53. The number of carbonyl (C=O) groups is 3. The van der Waals surface area contributed by atoms with E-state index in [0.717, 1.165) is 75.3 Å². The molecule has 2 aromatic heterocycles. The summed E-state index contributed by atoms with van der Waals surface area (Å²) < 4.78 is 67.3. The number of nitrogens with one attached hydrogen (secondary N) is 1. The Hall–Kier alpha value is -6.67. The van der Waals surface area contributed by atoms with Crippen molar-refractivity contribution in [3.8, 4) is 11.5 Å². The molecular formula is C50H55BrF4N8O7. The van der Waals surface area contributed by atoms with Crippen LogP contribution in [0.3, 0.4) is 0 Å². The lowest BCUT2D eigenvalue weighted by molar-refractivity contribution is 0.0662. The highest BCUT2D eigenvalue weighted by molar-refractivity contribution is 9.10. The molecule has 3 aromatic carbocycles. The summed E-state index contributed by atoms with van der Waals surface area (Å²) in [6.45, 7) is 6.00. The first-order valence-electron chi connectivity index (χ1n) is 23.3. The zero-order valence-corrected chi connectivity index (χ0v) is 40.3. The van der Waals surface area contributed by atoms with E-state index in [-0.39, 0.29) is 71.9 Å². The van der Waals surface area contributed by atoms with Crippen molar-refractivity contribution in [2.75, 3.05) is 56.1 Å². The Morgan fingerprint density at radius 3 is 1.79 bits per heavy atom. The molecule has 6 heterocycles. The standard InChI is InChI=1S/C24H28F2N4O4.C19H20BrN3O3.C7H7F2N/c1-2-3-11-34-22-20-24(33)28-9-5-4-6-10-29(15-28)30(20)14-18(21(22)31)23(32)27-13-16-7-8-17(25)12-19(16)26;20-15-11-23-16(19(25)21-9-5-2-6-10-22(23)13-21)18(17(15)24)26-12-14-7-3-1-4-8-14;8-6-2-1-5(4-10)7(9)3-6/h7-8,12,14H,2-6,9-11,13,15H2,1H3,(H,27,32);1,3-4,7-8,11H,2,5-6,9-10,12-13H2;1-3H,4,10H2. The van der Waals surface area contributed by atoms with Crippen molar-refractivity contribution in [2.24, 2.45) is 5.73 Å². The van der Waals surface area contributed by atoms with Crippen LogP contribution < -0.4 is 41.4 Å². The lowest BCUT2D eigenvalue weighted by atomic mass is 10.1. The van der Waals surface area contributed by atoms with Crippen LogP contribution in [0.5, 0.6) is 11.5 Å². The first-order chi connectivity index (χ1) is 33.8. The maximum Gasteiger partial charge on any atom is 0.277 e. The average molecular weight is 1040 g/mol. The van der Waals surface area contributed by atoms with Gasteiger partial charge in [-0.1, -0.05) is 55.8 Å². The molecule has 0 unspecified atom stereocenters. The molecule has 70 heavy (non-hydrogen) atoms. The van der Waals surface area contributed by atoms with E-state index in [1.807, 2.05) is 42.3 Å². The molecule has 4 aliphatic rings. The van der Waals surface area contributed by atoms with Gasteiger partial charge in [0.1, 0.15) is 48.8 Å². The first kappa shape index (κ1) is 51.2. The number of aromatic nitrogens is 2. The fourth-order valence-corrected chi connectivity index (χ4v) is 8.65. The number of rotatable bonds is 11. The number of nitrogens with two attached hydrogens (primary N) is 1. The second-order valence-corrected chi connectivity index (χ2v) is 17.9. The second-order valence-electron chi connectivity index (χ2n) is 17.1. The number of benzene rings is 3. The summed E-state index contributed by atoms with van der Waals surface area (Å²) in [5.74, 6) is -3.88. The van der Waals surface area contributed by atoms with Crippen LogP contribution in [0.4, 0.5) is 17.6 Å². The molecule has 2 fully saturated rings. The van der Waals surface area contributed by atoms with Crippen molar-refractivity contribution in [3.63, 3.8) is 0 Å². The first-order valence-corrected chi connectivity index (χ1v) is 24.1. The molecule has 9 rings (SSSR count). The van der Waals surface area contributed by atoms with Gasteiger partial charge in [-0.05, 0) is 78.6 Å². The number of unbranched alkanes of at least 4 members (excludes halogenated alkanes) is 1. The number of hydrogen-bond acceptors (Lipinski definition) is 10. The molecule has 5 aromatic rings. The summed E-state index contributed by atoms with van der Waals surface area (Å²) in [4.78, 5) is 68.8. The third kappa shape index (κ3) is 12.0. The Kier molecular flexibility index (Phi) is 17.4. The fraction of sp³-hybridized carbons (Fsp3) is 0.380. The van der Waals surface area contributed by atoms with E-state index >= 15 is 0 Å². The van der Waals surface area contributed by atoms with Gasteiger partial charge in [0.15, 0.2) is 22.9 Å². The zero-order chi connectivity index (χ0) is 49.9. The van der Waals surface area contributed by atoms with E-state index in [1.54, 1.807) is 25.3 Å². The molecule has 0 atom stereocenters. The summed E-state index contributed by atoms with van der Waals surface area (Å²) in [6.07, 6.45) is 10.5. The number of amides is 3. The van der Waals surface area contributed by atoms with Gasteiger partial charge in [-0.15, -0.1) is 0 Å². The van der Waals surface area contributed by atoms with Crippen LogP contribution in [0.15, 0.2) is 93.2 Å². The van der Waals surface area contributed by atoms with E-state index in [4.69, 9.17) is 15.2 Å². The summed E-state index contributed by atoms with van der Waals surface area (Å²) >= 11 is 3.33. The van der Waals surface area contributed by atoms with Crippen LogP contribution in [0.2, 0.25) is 0 Å². The highest BCUT2D eigenvalue weighted by atomic mass is 79.9. The van der Waals surface area contributed by atoms with Gasteiger partial charge in [-0.3, -0.25) is 43.3 Å². The predicted octanol–water partition coefficient (Wildman–Crippen LogP) is 6.92. The number of hydrogen-bond donors (Lipinski definition) is 2. The molecule has 2 saturated heterocycles. The minimum Gasteiger partial charge on any atom is -0.487 e. The Balaban J connectivity index is 0.000000176. The number of nitrogens with zero attached hydrogens (tertiary/aromatic N) is 6. The smallest absolute Gasteiger partial charge is 0.277 e. The largest absolute Gasteiger partial charge is 0.487 e. The van der Waals surface area contributed by atoms with Crippen LogP contribution in [-0.2, 0) is 19.7 Å². The van der Waals surface area contributed by atoms with E-state index in [1.165, 1.54) is 24.4 Å². The molecule has 0 radical (unpaired) electrons. The number of fused-ring (bicyclic) bond motifs is 8. The van der Waals surface area contributed by atoms with Gasteiger partial charge in [-0.2, -0.15) is 0 Å². The molecule has 372 valence electrons. The molecule has 4 bridgehead atoms. The summed E-state index contributed by atoms with van der Waals surface area (Å²) in [6, 6.07) is 16.0. The van der Waals surface area contributed by atoms with Crippen molar-refractivity contribution in [1.82, 2.24) is 24.5 Å². The van der Waals surface area contributed by atoms with Crippen molar-refractivity contribution in [1.29, 1.82) is 0 Å². The topological polar surface area (TPSA) is 165 Å². The molecule has 0 aliphatic carbocycles. The number of halogens is 5. The van der Waals surface area contributed by atoms with E-state index < -0.39 is 34.6 Å². The Morgan fingerprint density at radius 1 is 0.686 bits per heavy atom. The monoisotopic (exact) mass is 1030 g/mol. The quantitative estimate of drug-likeness (QED) is 0.105. The summed E-state index contributed by atoms with van der Waals surface area (Å²) in [5.41, 5.74) is 5.76. The van der Waals surface area contributed by atoms with Gasteiger partial charge >= 0.3 is 0 Å². The zero-order valence-electron chi connectivity index (χ0n) is 38.7. The summed E-state index contributed by atoms with van der Waals surface area (Å²) in [7, 11) is 0. The van der Waals surface area contributed by atoms with Gasteiger partial charge in [0, 0.05) is 74.9 Å². The van der Waals surface area contributed by atoms with E-state index in [0.29, 0.717) is 55.1 Å². The maximum atomic E-state index is 14.0. The Bertz CT molecular complexity index is 2810. The number of carbonyl (C=O) groups excluding carboxylic acids is 3. The molecule has 15 nitrogen and oxygen atoms in total. The fourth-order valence-electron chi connectivity index (χ4n) is 8.27. The van der Waals surface area contributed by atoms with Crippen molar-refractivity contribution >= 4 is 33.7 Å². The Morgan fingerprint density at radius 2 is 1.23 bits per heavy atom. The Labute approximate surface area is 410 Å². The third-order valence-corrected chi connectivity index (χ3v) is 12.7. The van der Waals surface area contributed by atoms with Gasteiger partial charge in [-0.25, -0.2) is 17.6 Å². The van der Waals surface area contributed by atoms with Crippen LogP contribution in [0.25, 0.3) is 0 Å². The third-order valence-electron chi connectivity index (χ3n) is 12.1. The highest BCUT2D eigenvalue weighted by Gasteiger charge is 2.37. The van der Waals surface area contributed by atoms with Gasteiger partial charge in [0.05, 0.1) is 11.1 Å². The molecule has 0 saturated carbocycles. The van der Waals surface area contributed by atoms with Gasteiger partial charge in [0.2, 0.25) is 10.9 Å². The van der Waals surface area contributed by atoms with Crippen LogP contribution in [0, 0.1) is 23.3 Å². The van der Waals surface area contributed by atoms with E-state index in [2.05, 4.69) is 26.3 Å². The molecule has 3 N–H and O–H groups in total. The highest BCUT2D eigenvalue weighted by Crippen LogP contribution is 2.28. The molecule has 20 heteroatoms. The van der Waals surface area contributed by atoms with Gasteiger partial charge < -0.3 is 30.3 Å². The average Bonchev–Trinajstić information content (AvgIpc) is 3.32. The molecule has 0 spiro atoms. The van der Waals surface area contributed by atoms with Crippen LogP contribution >= 0.6 is 15.9 Å². The van der Waals surface area contributed by atoms with Crippen LogP contribution in [0.1, 0.15) is 106 Å². The van der Waals surface area contributed by atoms with Crippen molar-refractivity contribution in [2.45, 2.75) is 78.0 Å².